The summed E-state index contributed by atoms with van der Waals surface area (Å²) in [6.45, 7) is 5.63. The molecule has 0 radical (unpaired) electrons. The fourth-order valence-electron chi connectivity index (χ4n) is 1.74. The van der Waals surface area contributed by atoms with Crippen LogP contribution in [0.5, 0.6) is 0 Å². The summed E-state index contributed by atoms with van der Waals surface area (Å²) in [5, 5.41) is 9.95. The third-order valence-corrected chi connectivity index (χ3v) is 3.00. The molecule has 1 unspecified atom stereocenters. The zero-order valence-corrected chi connectivity index (χ0v) is 10.6. The number of hydrogen-bond acceptors (Lipinski definition) is 2. The number of rotatable bonds is 6. The van der Waals surface area contributed by atoms with Gasteiger partial charge in [-0.2, -0.15) is 0 Å². The highest BCUT2D eigenvalue weighted by molar-refractivity contribution is 5.14. The first kappa shape index (κ1) is 13.2. The second-order valence-corrected chi connectivity index (χ2v) is 4.82. The molecular weight excluding hydrogens is 198 g/mol. The van der Waals surface area contributed by atoms with Crippen molar-refractivity contribution in [3.05, 3.63) is 35.9 Å². The molecule has 1 aromatic carbocycles. The summed E-state index contributed by atoms with van der Waals surface area (Å²) >= 11 is 0. The monoisotopic (exact) mass is 221 g/mol. The zero-order chi connectivity index (χ0) is 12.0. The quantitative estimate of drug-likeness (QED) is 0.797. The average Bonchev–Trinajstić information content (AvgIpc) is 2.27. The highest BCUT2D eigenvalue weighted by atomic mass is 16.3. The van der Waals surface area contributed by atoms with Crippen LogP contribution in [0.1, 0.15) is 25.8 Å². The molecule has 90 valence electrons. The molecule has 0 bridgehead atoms. The van der Waals surface area contributed by atoms with Gasteiger partial charge in [0, 0.05) is 13.1 Å². The first-order valence-corrected chi connectivity index (χ1v) is 5.98. The standard InChI is InChI=1S/C14H23NO/c1-4-14(2,16)12-15(3)11-10-13-8-6-5-7-9-13/h5-9,16H,4,10-12H2,1-3H3. The topological polar surface area (TPSA) is 23.5 Å². The van der Waals surface area contributed by atoms with Gasteiger partial charge in [-0.3, -0.25) is 0 Å². The Bertz CT molecular complexity index is 295. The van der Waals surface area contributed by atoms with Crippen molar-refractivity contribution >= 4 is 0 Å². The molecule has 0 amide bonds. The Morgan fingerprint density at radius 3 is 2.44 bits per heavy atom. The van der Waals surface area contributed by atoms with Crippen molar-refractivity contribution in [1.82, 2.24) is 4.90 Å². The Morgan fingerprint density at radius 1 is 1.25 bits per heavy atom. The molecule has 0 heterocycles. The second-order valence-electron chi connectivity index (χ2n) is 4.82. The molecule has 16 heavy (non-hydrogen) atoms. The number of hydrogen-bond donors (Lipinski definition) is 1. The summed E-state index contributed by atoms with van der Waals surface area (Å²) in [6.07, 6.45) is 1.83. The summed E-state index contributed by atoms with van der Waals surface area (Å²) in [6, 6.07) is 10.5. The highest BCUT2D eigenvalue weighted by Gasteiger charge is 2.19. The molecule has 0 aliphatic carbocycles. The smallest absolute Gasteiger partial charge is 0.0743 e. The van der Waals surface area contributed by atoms with Crippen molar-refractivity contribution < 1.29 is 5.11 Å². The predicted octanol–water partition coefficient (Wildman–Crippen LogP) is 2.32. The Hall–Kier alpha value is -0.860. The summed E-state index contributed by atoms with van der Waals surface area (Å²) in [4.78, 5) is 2.19. The van der Waals surface area contributed by atoms with Gasteiger partial charge < -0.3 is 10.0 Å². The van der Waals surface area contributed by atoms with Gasteiger partial charge in [0.1, 0.15) is 0 Å². The summed E-state index contributed by atoms with van der Waals surface area (Å²) in [5.74, 6) is 0. The van der Waals surface area contributed by atoms with Crippen LogP contribution < -0.4 is 0 Å². The average molecular weight is 221 g/mol. The number of nitrogens with zero attached hydrogens (tertiary/aromatic N) is 1. The molecule has 0 saturated carbocycles. The minimum atomic E-state index is -0.564. The van der Waals surface area contributed by atoms with E-state index in [1.54, 1.807) is 0 Å². The molecule has 0 spiro atoms. The van der Waals surface area contributed by atoms with Crippen molar-refractivity contribution in [1.29, 1.82) is 0 Å². The minimum absolute atomic E-state index is 0.564. The molecule has 2 nitrogen and oxygen atoms in total. The first-order chi connectivity index (χ1) is 7.53. The Morgan fingerprint density at radius 2 is 1.88 bits per heavy atom. The minimum Gasteiger partial charge on any atom is -0.389 e. The van der Waals surface area contributed by atoms with E-state index in [1.807, 2.05) is 19.9 Å². The summed E-state index contributed by atoms with van der Waals surface area (Å²) < 4.78 is 0. The van der Waals surface area contributed by atoms with E-state index in [0.717, 1.165) is 25.9 Å². The van der Waals surface area contributed by atoms with Crippen molar-refractivity contribution in [3.8, 4) is 0 Å². The summed E-state index contributed by atoms with van der Waals surface area (Å²) in [7, 11) is 2.06. The lowest BCUT2D eigenvalue weighted by Gasteiger charge is -2.27. The maximum Gasteiger partial charge on any atom is 0.0743 e. The van der Waals surface area contributed by atoms with E-state index in [1.165, 1.54) is 5.56 Å². The maximum atomic E-state index is 9.95. The van der Waals surface area contributed by atoms with Crippen LogP contribution in [0.2, 0.25) is 0 Å². The fourth-order valence-corrected chi connectivity index (χ4v) is 1.74. The number of benzene rings is 1. The molecule has 0 aromatic heterocycles. The van der Waals surface area contributed by atoms with E-state index < -0.39 is 5.60 Å². The van der Waals surface area contributed by atoms with Gasteiger partial charge in [-0.25, -0.2) is 0 Å². The SMILES string of the molecule is CCC(C)(O)CN(C)CCc1ccccc1. The Kier molecular flexibility index (Phi) is 4.97. The summed E-state index contributed by atoms with van der Waals surface area (Å²) in [5.41, 5.74) is 0.788. The third-order valence-electron chi connectivity index (χ3n) is 3.00. The second kappa shape index (κ2) is 6.02. The Labute approximate surface area is 98.9 Å². The molecular formula is C14H23NO. The molecule has 0 fully saturated rings. The number of aliphatic hydroxyl groups is 1. The van der Waals surface area contributed by atoms with E-state index in [9.17, 15) is 5.11 Å². The van der Waals surface area contributed by atoms with Crippen molar-refractivity contribution in [3.63, 3.8) is 0 Å². The molecule has 1 aromatic rings. The highest BCUT2D eigenvalue weighted by Crippen LogP contribution is 2.10. The van der Waals surface area contributed by atoms with Crippen LogP contribution in [0.15, 0.2) is 30.3 Å². The van der Waals surface area contributed by atoms with Crippen molar-refractivity contribution in [2.75, 3.05) is 20.1 Å². The van der Waals surface area contributed by atoms with Crippen molar-refractivity contribution in [2.24, 2.45) is 0 Å². The van der Waals surface area contributed by atoms with Gasteiger partial charge in [-0.1, -0.05) is 37.3 Å². The third kappa shape index (κ3) is 4.77. The van der Waals surface area contributed by atoms with Gasteiger partial charge in [0.15, 0.2) is 0 Å². The van der Waals surface area contributed by atoms with Gasteiger partial charge in [0.2, 0.25) is 0 Å². The van der Waals surface area contributed by atoms with Crippen molar-refractivity contribution in [2.45, 2.75) is 32.3 Å². The lowest BCUT2D eigenvalue weighted by atomic mass is 10.0. The van der Waals surface area contributed by atoms with E-state index in [2.05, 4.69) is 36.2 Å². The van der Waals surface area contributed by atoms with E-state index in [4.69, 9.17) is 0 Å². The van der Waals surface area contributed by atoms with Crippen LogP contribution in [0.25, 0.3) is 0 Å². The molecule has 0 saturated heterocycles. The molecule has 1 atom stereocenters. The van der Waals surface area contributed by atoms with Gasteiger partial charge in [-0.05, 0) is 32.4 Å². The lowest BCUT2D eigenvalue weighted by Crippen LogP contribution is -2.39. The van der Waals surface area contributed by atoms with Gasteiger partial charge >= 0.3 is 0 Å². The maximum absolute atomic E-state index is 9.95. The zero-order valence-electron chi connectivity index (χ0n) is 10.6. The molecule has 0 aliphatic rings. The van der Waals surface area contributed by atoms with Crippen LogP contribution in [-0.2, 0) is 6.42 Å². The molecule has 1 rings (SSSR count). The molecule has 2 heteroatoms. The normalized spacial score (nSPS) is 15.1. The molecule has 0 aliphatic heterocycles. The van der Waals surface area contributed by atoms with E-state index in [-0.39, 0.29) is 0 Å². The van der Waals surface area contributed by atoms with Crippen LogP contribution in [0.4, 0.5) is 0 Å². The van der Waals surface area contributed by atoms with Gasteiger partial charge in [0.05, 0.1) is 5.60 Å². The first-order valence-electron chi connectivity index (χ1n) is 5.98. The lowest BCUT2D eigenvalue weighted by molar-refractivity contribution is 0.0240. The van der Waals surface area contributed by atoms with E-state index in [0.29, 0.717) is 0 Å². The van der Waals surface area contributed by atoms with Crippen LogP contribution in [0.3, 0.4) is 0 Å². The van der Waals surface area contributed by atoms with Crippen LogP contribution >= 0.6 is 0 Å². The fraction of sp³-hybridized carbons (Fsp3) is 0.571. The van der Waals surface area contributed by atoms with Crippen LogP contribution in [-0.4, -0.2) is 35.7 Å². The van der Waals surface area contributed by atoms with Crippen LogP contribution in [0, 0.1) is 0 Å². The van der Waals surface area contributed by atoms with Gasteiger partial charge in [-0.15, -0.1) is 0 Å². The molecule has 1 N–H and O–H groups in total. The predicted molar refractivity (Wildman–Crippen MR) is 68.6 cm³/mol. The largest absolute Gasteiger partial charge is 0.389 e. The number of likely N-dealkylation sites (N-methyl/N-ethyl adjacent to an activating group) is 1. The van der Waals surface area contributed by atoms with Gasteiger partial charge in [0.25, 0.3) is 0 Å². The van der Waals surface area contributed by atoms with E-state index >= 15 is 0 Å². The Balaban J connectivity index is 2.33.